The van der Waals surface area contributed by atoms with Crippen molar-refractivity contribution in [2.75, 3.05) is 12.4 Å². The molecule has 1 atom stereocenters. The van der Waals surface area contributed by atoms with Crippen molar-refractivity contribution in [3.05, 3.63) is 35.7 Å². The number of aliphatic hydroxyl groups is 1. The SMILES string of the molecule is Cc1ccc(OC[C@H](O)CSc2nncn2C)c(C)c1. The number of aliphatic hydroxyl groups excluding tert-OH is 1. The first-order valence-electron chi connectivity index (χ1n) is 6.41. The fourth-order valence-electron chi connectivity index (χ4n) is 1.77. The Balaban J connectivity index is 1.80. The second-order valence-electron chi connectivity index (χ2n) is 4.77. The van der Waals surface area contributed by atoms with E-state index in [0.717, 1.165) is 16.5 Å². The van der Waals surface area contributed by atoms with Gasteiger partial charge >= 0.3 is 0 Å². The molecular weight excluding hydrogens is 274 g/mol. The van der Waals surface area contributed by atoms with Gasteiger partial charge < -0.3 is 14.4 Å². The van der Waals surface area contributed by atoms with E-state index >= 15 is 0 Å². The summed E-state index contributed by atoms with van der Waals surface area (Å²) >= 11 is 1.46. The molecular formula is C14H19N3O2S. The molecule has 0 spiro atoms. The zero-order chi connectivity index (χ0) is 14.5. The van der Waals surface area contributed by atoms with E-state index in [1.165, 1.54) is 17.3 Å². The molecule has 0 amide bonds. The van der Waals surface area contributed by atoms with Gasteiger partial charge in [-0.05, 0) is 25.5 Å². The minimum Gasteiger partial charge on any atom is -0.491 e. The van der Waals surface area contributed by atoms with Crippen LogP contribution in [0.25, 0.3) is 0 Å². The molecule has 0 aliphatic heterocycles. The average molecular weight is 293 g/mol. The van der Waals surface area contributed by atoms with Gasteiger partial charge in [-0.1, -0.05) is 29.5 Å². The summed E-state index contributed by atoms with van der Waals surface area (Å²) < 4.78 is 7.47. The standard InChI is InChI=1S/C14H19N3O2S/c1-10-4-5-13(11(2)6-10)19-7-12(18)8-20-14-16-15-9-17(14)3/h4-6,9,12,18H,7-8H2,1-3H3/t12-/m0/s1. The predicted molar refractivity (Wildman–Crippen MR) is 79.1 cm³/mol. The maximum Gasteiger partial charge on any atom is 0.190 e. The van der Waals surface area contributed by atoms with Crippen molar-refractivity contribution in [1.29, 1.82) is 0 Å². The smallest absolute Gasteiger partial charge is 0.190 e. The van der Waals surface area contributed by atoms with E-state index in [1.54, 1.807) is 6.33 Å². The van der Waals surface area contributed by atoms with Gasteiger partial charge in [0.25, 0.3) is 0 Å². The highest BCUT2D eigenvalue weighted by Gasteiger charge is 2.10. The Bertz CT molecular complexity index is 571. The van der Waals surface area contributed by atoms with E-state index in [9.17, 15) is 5.11 Å². The van der Waals surface area contributed by atoms with Crippen LogP contribution in [0.4, 0.5) is 0 Å². The Morgan fingerprint density at radius 3 is 2.85 bits per heavy atom. The molecule has 0 bridgehead atoms. The maximum atomic E-state index is 9.94. The number of benzene rings is 1. The highest BCUT2D eigenvalue weighted by Crippen LogP contribution is 2.20. The van der Waals surface area contributed by atoms with Crippen molar-refractivity contribution in [3.63, 3.8) is 0 Å². The number of aromatic nitrogens is 3. The molecule has 1 aromatic carbocycles. The normalized spacial score (nSPS) is 12.4. The highest BCUT2D eigenvalue weighted by molar-refractivity contribution is 7.99. The van der Waals surface area contributed by atoms with Crippen LogP contribution < -0.4 is 4.74 Å². The topological polar surface area (TPSA) is 60.2 Å². The van der Waals surface area contributed by atoms with E-state index in [-0.39, 0.29) is 6.61 Å². The lowest BCUT2D eigenvalue weighted by molar-refractivity contribution is 0.126. The first-order valence-corrected chi connectivity index (χ1v) is 7.39. The molecule has 2 aromatic rings. The molecule has 0 aliphatic carbocycles. The molecule has 1 N–H and O–H groups in total. The molecule has 0 saturated carbocycles. The first kappa shape index (κ1) is 14.9. The molecule has 20 heavy (non-hydrogen) atoms. The molecule has 0 unspecified atom stereocenters. The first-order chi connectivity index (χ1) is 9.56. The molecule has 108 valence electrons. The van der Waals surface area contributed by atoms with Crippen molar-refractivity contribution < 1.29 is 9.84 Å². The number of thioether (sulfide) groups is 1. The molecule has 2 rings (SSSR count). The molecule has 0 fully saturated rings. The fourth-order valence-corrected chi connectivity index (χ4v) is 2.56. The Hall–Kier alpha value is -1.53. The van der Waals surface area contributed by atoms with Crippen LogP contribution in [0.15, 0.2) is 29.7 Å². The molecule has 6 heteroatoms. The van der Waals surface area contributed by atoms with E-state index in [1.807, 2.05) is 37.6 Å². The lowest BCUT2D eigenvalue weighted by Crippen LogP contribution is -2.20. The van der Waals surface area contributed by atoms with E-state index in [0.29, 0.717) is 5.75 Å². The Morgan fingerprint density at radius 2 is 2.20 bits per heavy atom. The van der Waals surface area contributed by atoms with Gasteiger partial charge in [0.15, 0.2) is 5.16 Å². The molecule has 1 aromatic heterocycles. The molecule has 0 aliphatic rings. The van der Waals surface area contributed by atoms with Gasteiger partial charge in [0.2, 0.25) is 0 Å². The second kappa shape index (κ2) is 6.76. The monoisotopic (exact) mass is 293 g/mol. The van der Waals surface area contributed by atoms with E-state index in [2.05, 4.69) is 16.3 Å². The number of hydrogen-bond donors (Lipinski definition) is 1. The zero-order valence-electron chi connectivity index (χ0n) is 11.9. The fraction of sp³-hybridized carbons (Fsp3) is 0.429. The third-order valence-electron chi connectivity index (χ3n) is 2.84. The summed E-state index contributed by atoms with van der Waals surface area (Å²) in [4.78, 5) is 0. The number of ether oxygens (including phenoxy) is 1. The predicted octanol–water partition coefficient (Wildman–Crippen LogP) is 1.96. The van der Waals surface area contributed by atoms with Gasteiger partial charge in [-0.15, -0.1) is 10.2 Å². The van der Waals surface area contributed by atoms with Crippen LogP contribution in [0.3, 0.4) is 0 Å². The van der Waals surface area contributed by atoms with Gasteiger partial charge in [0.1, 0.15) is 18.7 Å². The lowest BCUT2D eigenvalue weighted by Gasteiger charge is -2.13. The molecule has 1 heterocycles. The Morgan fingerprint density at radius 1 is 1.40 bits per heavy atom. The Kier molecular flexibility index (Phi) is 5.03. The number of hydrogen-bond acceptors (Lipinski definition) is 5. The van der Waals surface area contributed by atoms with Crippen molar-refractivity contribution in [3.8, 4) is 5.75 Å². The van der Waals surface area contributed by atoms with Crippen LogP contribution >= 0.6 is 11.8 Å². The van der Waals surface area contributed by atoms with E-state index < -0.39 is 6.10 Å². The third-order valence-corrected chi connectivity index (χ3v) is 4.02. The summed E-state index contributed by atoms with van der Waals surface area (Å²) in [7, 11) is 1.88. The number of aryl methyl sites for hydroxylation is 3. The van der Waals surface area contributed by atoms with Crippen LogP contribution in [-0.4, -0.2) is 38.3 Å². The zero-order valence-corrected chi connectivity index (χ0v) is 12.7. The molecule has 0 radical (unpaired) electrons. The summed E-state index contributed by atoms with van der Waals surface area (Å²) in [5.74, 6) is 1.34. The third kappa shape index (κ3) is 3.98. The van der Waals surface area contributed by atoms with E-state index in [4.69, 9.17) is 4.74 Å². The Labute approximate surface area is 123 Å². The summed E-state index contributed by atoms with van der Waals surface area (Å²) in [5, 5.41) is 18.5. The second-order valence-corrected chi connectivity index (χ2v) is 5.76. The molecule has 0 saturated heterocycles. The summed E-state index contributed by atoms with van der Waals surface area (Å²) in [6.07, 6.45) is 1.10. The molecule has 5 nitrogen and oxygen atoms in total. The number of rotatable bonds is 6. The van der Waals surface area contributed by atoms with Gasteiger partial charge in [0.05, 0.1) is 6.10 Å². The van der Waals surface area contributed by atoms with Crippen LogP contribution in [0, 0.1) is 13.8 Å². The van der Waals surface area contributed by atoms with Crippen LogP contribution in [0.2, 0.25) is 0 Å². The minimum absolute atomic E-state index is 0.273. The lowest BCUT2D eigenvalue weighted by atomic mass is 10.1. The van der Waals surface area contributed by atoms with Crippen LogP contribution in [0.1, 0.15) is 11.1 Å². The summed E-state index contributed by atoms with van der Waals surface area (Å²) in [6, 6.07) is 6.01. The van der Waals surface area contributed by atoms with Gasteiger partial charge in [-0.3, -0.25) is 0 Å². The van der Waals surface area contributed by atoms with Crippen LogP contribution in [0.5, 0.6) is 5.75 Å². The van der Waals surface area contributed by atoms with Crippen molar-refractivity contribution in [2.45, 2.75) is 25.1 Å². The van der Waals surface area contributed by atoms with Crippen molar-refractivity contribution in [1.82, 2.24) is 14.8 Å². The van der Waals surface area contributed by atoms with Gasteiger partial charge in [-0.25, -0.2) is 0 Å². The minimum atomic E-state index is -0.544. The average Bonchev–Trinajstić information content (AvgIpc) is 2.81. The summed E-state index contributed by atoms with van der Waals surface area (Å²) in [5.41, 5.74) is 2.28. The number of nitrogens with zero attached hydrogens (tertiary/aromatic N) is 3. The van der Waals surface area contributed by atoms with Crippen molar-refractivity contribution >= 4 is 11.8 Å². The maximum absolute atomic E-state index is 9.94. The summed E-state index contributed by atoms with van der Waals surface area (Å²) in [6.45, 7) is 4.32. The quantitative estimate of drug-likeness (QED) is 0.825. The highest BCUT2D eigenvalue weighted by atomic mass is 32.2. The van der Waals surface area contributed by atoms with Gasteiger partial charge in [-0.2, -0.15) is 0 Å². The van der Waals surface area contributed by atoms with Crippen molar-refractivity contribution in [2.24, 2.45) is 7.05 Å². The van der Waals surface area contributed by atoms with Crippen LogP contribution in [-0.2, 0) is 7.05 Å². The largest absolute Gasteiger partial charge is 0.491 e. The van der Waals surface area contributed by atoms with Gasteiger partial charge in [0, 0.05) is 12.8 Å².